The molecule has 0 radical (unpaired) electrons. The van der Waals surface area contributed by atoms with E-state index in [0.29, 0.717) is 5.02 Å². The van der Waals surface area contributed by atoms with Crippen molar-refractivity contribution in [2.45, 2.75) is 13.3 Å². The average Bonchev–Trinajstić information content (AvgIpc) is 2.18. The zero-order valence-corrected chi connectivity index (χ0v) is 11.4. The second kappa shape index (κ2) is 5.52. The Balaban J connectivity index is 3.10. The standard InChI is InChI=1S/C11H14BrClN2/c1-4-8(15(2)3)7-10-9(13)5-6-11(12)14-10/h5-7H,4H2,1-3H3/b8-7+. The lowest BCUT2D eigenvalue weighted by atomic mass is 10.2. The fraction of sp³-hybridized carbons (Fsp3) is 0.364. The zero-order chi connectivity index (χ0) is 11.4. The van der Waals surface area contributed by atoms with Crippen molar-refractivity contribution in [3.8, 4) is 0 Å². The lowest BCUT2D eigenvalue weighted by Gasteiger charge is -2.15. The molecule has 4 heteroatoms. The van der Waals surface area contributed by atoms with E-state index in [9.17, 15) is 0 Å². The van der Waals surface area contributed by atoms with Gasteiger partial charge in [-0.2, -0.15) is 0 Å². The summed E-state index contributed by atoms with van der Waals surface area (Å²) in [6, 6.07) is 3.67. The first-order valence-electron chi connectivity index (χ1n) is 4.74. The molecule has 82 valence electrons. The molecular formula is C11H14BrClN2. The van der Waals surface area contributed by atoms with Gasteiger partial charge in [0, 0.05) is 19.8 Å². The number of rotatable bonds is 3. The SMILES string of the molecule is CC/C(=C\c1nc(Br)ccc1Cl)N(C)C. The van der Waals surface area contributed by atoms with Crippen molar-refractivity contribution in [2.75, 3.05) is 14.1 Å². The molecule has 0 aliphatic rings. The minimum atomic E-state index is 0.672. The Kier molecular flexibility index (Phi) is 4.61. The van der Waals surface area contributed by atoms with Crippen LogP contribution in [0, 0.1) is 0 Å². The minimum Gasteiger partial charge on any atom is -0.381 e. The lowest BCUT2D eigenvalue weighted by Crippen LogP contribution is -2.10. The summed E-state index contributed by atoms with van der Waals surface area (Å²) in [7, 11) is 4.03. The van der Waals surface area contributed by atoms with E-state index in [2.05, 4.69) is 32.7 Å². The van der Waals surface area contributed by atoms with Gasteiger partial charge in [0.1, 0.15) is 4.60 Å². The van der Waals surface area contributed by atoms with Crippen LogP contribution in [0.1, 0.15) is 19.0 Å². The molecule has 15 heavy (non-hydrogen) atoms. The molecule has 1 aromatic heterocycles. The third kappa shape index (κ3) is 3.50. The van der Waals surface area contributed by atoms with Gasteiger partial charge < -0.3 is 4.90 Å². The molecule has 0 saturated carbocycles. The van der Waals surface area contributed by atoms with Gasteiger partial charge in [0.25, 0.3) is 0 Å². The van der Waals surface area contributed by atoms with Crippen molar-refractivity contribution in [1.29, 1.82) is 0 Å². The van der Waals surface area contributed by atoms with Crippen molar-refractivity contribution in [1.82, 2.24) is 9.88 Å². The van der Waals surface area contributed by atoms with Crippen LogP contribution in [0.2, 0.25) is 5.02 Å². The molecule has 0 aromatic carbocycles. The molecule has 0 atom stereocenters. The van der Waals surface area contributed by atoms with Crippen LogP contribution in [0.15, 0.2) is 22.4 Å². The van der Waals surface area contributed by atoms with E-state index < -0.39 is 0 Å². The molecule has 2 nitrogen and oxygen atoms in total. The van der Waals surface area contributed by atoms with Gasteiger partial charge in [-0.05, 0) is 40.6 Å². The maximum atomic E-state index is 6.06. The third-order valence-corrected chi connectivity index (χ3v) is 2.84. The van der Waals surface area contributed by atoms with Crippen LogP contribution >= 0.6 is 27.5 Å². The molecule has 1 aromatic rings. The van der Waals surface area contributed by atoms with Gasteiger partial charge >= 0.3 is 0 Å². The highest BCUT2D eigenvalue weighted by Gasteiger charge is 2.03. The summed E-state index contributed by atoms with van der Waals surface area (Å²) < 4.78 is 0.798. The monoisotopic (exact) mass is 288 g/mol. The van der Waals surface area contributed by atoms with Crippen LogP contribution in [0.3, 0.4) is 0 Å². The van der Waals surface area contributed by atoms with Gasteiger partial charge in [-0.1, -0.05) is 18.5 Å². The second-order valence-corrected chi connectivity index (χ2v) is 4.60. The molecule has 0 unspecified atom stereocenters. The molecule has 1 rings (SSSR count). The van der Waals surface area contributed by atoms with Crippen LogP contribution in [0.25, 0.3) is 6.08 Å². The first kappa shape index (κ1) is 12.5. The maximum absolute atomic E-state index is 6.06. The van der Waals surface area contributed by atoms with E-state index >= 15 is 0 Å². The number of hydrogen-bond donors (Lipinski definition) is 0. The van der Waals surface area contributed by atoms with Gasteiger partial charge in [0.05, 0.1) is 10.7 Å². The van der Waals surface area contributed by atoms with Crippen molar-refractivity contribution in [3.05, 3.63) is 33.1 Å². The molecule has 0 aliphatic carbocycles. The van der Waals surface area contributed by atoms with E-state index in [1.165, 1.54) is 5.70 Å². The van der Waals surface area contributed by atoms with E-state index in [1.54, 1.807) is 0 Å². The number of nitrogens with zero attached hydrogens (tertiary/aromatic N) is 2. The third-order valence-electron chi connectivity index (χ3n) is 2.08. The highest BCUT2D eigenvalue weighted by molar-refractivity contribution is 9.10. The van der Waals surface area contributed by atoms with Crippen LogP contribution in [0.5, 0.6) is 0 Å². The number of pyridine rings is 1. The predicted octanol–water partition coefficient (Wildman–Crippen LogP) is 3.81. The topological polar surface area (TPSA) is 16.1 Å². The summed E-state index contributed by atoms with van der Waals surface area (Å²) in [5.41, 5.74) is 2.00. The van der Waals surface area contributed by atoms with E-state index in [1.807, 2.05) is 32.3 Å². The number of hydrogen-bond acceptors (Lipinski definition) is 2. The van der Waals surface area contributed by atoms with Crippen LogP contribution in [0.4, 0.5) is 0 Å². The van der Waals surface area contributed by atoms with Gasteiger partial charge in [0.2, 0.25) is 0 Å². The maximum Gasteiger partial charge on any atom is 0.106 e. The second-order valence-electron chi connectivity index (χ2n) is 3.38. The molecular weight excluding hydrogens is 275 g/mol. The Hall–Kier alpha value is -0.540. The molecule has 0 amide bonds. The summed E-state index contributed by atoms with van der Waals surface area (Å²) in [5, 5.41) is 0.672. The first-order valence-corrected chi connectivity index (χ1v) is 5.91. The van der Waals surface area contributed by atoms with E-state index in [4.69, 9.17) is 11.6 Å². The zero-order valence-electron chi connectivity index (χ0n) is 9.09. The minimum absolute atomic E-state index is 0.672. The Morgan fingerprint density at radius 3 is 2.73 bits per heavy atom. The first-order chi connectivity index (χ1) is 7.04. The highest BCUT2D eigenvalue weighted by Crippen LogP contribution is 2.20. The van der Waals surface area contributed by atoms with Gasteiger partial charge in [-0.25, -0.2) is 4.98 Å². The normalized spacial score (nSPS) is 11.7. The van der Waals surface area contributed by atoms with Crippen molar-refractivity contribution in [2.24, 2.45) is 0 Å². The lowest BCUT2D eigenvalue weighted by molar-refractivity contribution is 0.499. The van der Waals surface area contributed by atoms with Crippen LogP contribution < -0.4 is 0 Å². The average molecular weight is 290 g/mol. The smallest absolute Gasteiger partial charge is 0.106 e. The molecule has 0 bridgehead atoms. The molecule has 0 fully saturated rings. The van der Waals surface area contributed by atoms with E-state index in [0.717, 1.165) is 16.7 Å². The summed E-state index contributed by atoms with van der Waals surface area (Å²) in [4.78, 5) is 6.39. The number of halogens is 2. The summed E-state index contributed by atoms with van der Waals surface area (Å²) in [6.45, 7) is 2.11. The van der Waals surface area contributed by atoms with Crippen molar-refractivity contribution >= 4 is 33.6 Å². The van der Waals surface area contributed by atoms with Crippen LogP contribution in [-0.2, 0) is 0 Å². The molecule has 0 aliphatic heterocycles. The Morgan fingerprint density at radius 2 is 2.20 bits per heavy atom. The molecule has 1 heterocycles. The quantitative estimate of drug-likeness (QED) is 0.787. The van der Waals surface area contributed by atoms with Gasteiger partial charge in [-0.3, -0.25) is 0 Å². The number of aromatic nitrogens is 1. The fourth-order valence-corrected chi connectivity index (χ4v) is 1.72. The van der Waals surface area contributed by atoms with Gasteiger partial charge in [-0.15, -0.1) is 0 Å². The van der Waals surface area contributed by atoms with Gasteiger partial charge in [0.15, 0.2) is 0 Å². The Morgan fingerprint density at radius 1 is 1.53 bits per heavy atom. The molecule has 0 spiro atoms. The Bertz CT molecular complexity index is 375. The highest BCUT2D eigenvalue weighted by atomic mass is 79.9. The largest absolute Gasteiger partial charge is 0.381 e. The van der Waals surface area contributed by atoms with E-state index in [-0.39, 0.29) is 0 Å². The fourth-order valence-electron chi connectivity index (χ4n) is 1.24. The Labute approximate surface area is 104 Å². The number of allylic oxidation sites excluding steroid dienone is 1. The summed E-state index contributed by atoms with van der Waals surface area (Å²) >= 11 is 9.39. The van der Waals surface area contributed by atoms with Crippen LogP contribution in [-0.4, -0.2) is 24.0 Å². The molecule has 0 saturated heterocycles. The van der Waals surface area contributed by atoms with Crippen molar-refractivity contribution < 1.29 is 0 Å². The summed E-state index contributed by atoms with van der Waals surface area (Å²) in [6.07, 6.45) is 2.96. The van der Waals surface area contributed by atoms with Crippen molar-refractivity contribution in [3.63, 3.8) is 0 Å². The summed E-state index contributed by atoms with van der Waals surface area (Å²) in [5.74, 6) is 0. The molecule has 0 N–H and O–H groups in total. The predicted molar refractivity (Wildman–Crippen MR) is 68.9 cm³/mol.